The number of rotatable bonds is 5. The number of ether oxygens (including phenoxy) is 1. The van der Waals surface area contributed by atoms with Gasteiger partial charge in [0.1, 0.15) is 5.54 Å². The first-order valence-electron chi connectivity index (χ1n) is 7.20. The number of anilines is 1. The van der Waals surface area contributed by atoms with Crippen molar-refractivity contribution in [1.82, 2.24) is 5.32 Å². The van der Waals surface area contributed by atoms with Gasteiger partial charge in [0.05, 0.1) is 23.2 Å². The summed E-state index contributed by atoms with van der Waals surface area (Å²) in [5.74, 6) is -1.32. The quantitative estimate of drug-likeness (QED) is 0.815. The second kappa shape index (κ2) is 7.27. The number of esters is 1. The molecule has 0 aliphatic heterocycles. The Kier molecular flexibility index (Phi) is 5.35. The van der Waals surface area contributed by atoms with Crippen LogP contribution in [0, 0.1) is 0 Å². The number of amides is 2. The molecule has 0 aliphatic rings. The Morgan fingerprint density at radius 3 is 2.42 bits per heavy atom. The first-order valence-corrected chi connectivity index (χ1v) is 8.08. The van der Waals surface area contributed by atoms with Gasteiger partial charge in [-0.2, -0.15) is 0 Å². The van der Waals surface area contributed by atoms with Crippen LogP contribution in [0.25, 0.3) is 0 Å². The number of hydrogen-bond acceptors (Lipinski definition) is 5. The van der Waals surface area contributed by atoms with Crippen LogP contribution in [-0.2, 0) is 9.53 Å². The van der Waals surface area contributed by atoms with Crippen LogP contribution in [-0.4, -0.2) is 30.4 Å². The van der Waals surface area contributed by atoms with Gasteiger partial charge in [0.25, 0.3) is 5.91 Å². The van der Waals surface area contributed by atoms with Crippen LogP contribution in [0.2, 0.25) is 0 Å². The number of carbonyl (C=O) groups is 3. The van der Waals surface area contributed by atoms with Crippen LogP contribution >= 0.6 is 11.3 Å². The minimum Gasteiger partial charge on any atom is -0.465 e. The Labute approximate surface area is 143 Å². The number of thiophene rings is 1. The van der Waals surface area contributed by atoms with E-state index in [4.69, 9.17) is 4.74 Å². The molecule has 0 atom stereocenters. The van der Waals surface area contributed by atoms with Gasteiger partial charge in [0, 0.05) is 0 Å². The zero-order valence-electron chi connectivity index (χ0n) is 13.6. The molecule has 1 aromatic heterocycles. The van der Waals surface area contributed by atoms with Gasteiger partial charge in [0.15, 0.2) is 0 Å². The lowest BCUT2D eigenvalue weighted by Gasteiger charge is -2.25. The van der Waals surface area contributed by atoms with Crippen molar-refractivity contribution in [3.05, 3.63) is 52.2 Å². The average Bonchev–Trinajstić information content (AvgIpc) is 3.09. The predicted octanol–water partition coefficient (Wildman–Crippen LogP) is 2.68. The highest BCUT2D eigenvalue weighted by Gasteiger charge is 2.31. The summed E-state index contributed by atoms with van der Waals surface area (Å²) >= 11 is 1.29. The highest BCUT2D eigenvalue weighted by Crippen LogP contribution is 2.18. The summed E-state index contributed by atoms with van der Waals surface area (Å²) in [7, 11) is 1.27. The third kappa shape index (κ3) is 3.99. The van der Waals surface area contributed by atoms with E-state index in [9.17, 15) is 14.4 Å². The average molecular weight is 346 g/mol. The van der Waals surface area contributed by atoms with Crippen molar-refractivity contribution in [2.75, 3.05) is 12.4 Å². The molecule has 0 saturated carbocycles. The summed E-state index contributed by atoms with van der Waals surface area (Å²) in [6.07, 6.45) is 0. The second-order valence-electron chi connectivity index (χ2n) is 5.55. The summed E-state index contributed by atoms with van der Waals surface area (Å²) in [4.78, 5) is 36.9. The van der Waals surface area contributed by atoms with Crippen LogP contribution in [0.5, 0.6) is 0 Å². The number of benzene rings is 1. The molecule has 2 N–H and O–H groups in total. The van der Waals surface area contributed by atoms with Gasteiger partial charge >= 0.3 is 5.97 Å². The van der Waals surface area contributed by atoms with Gasteiger partial charge in [-0.3, -0.25) is 9.59 Å². The summed E-state index contributed by atoms with van der Waals surface area (Å²) in [5, 5.41) is 7.14. The lowest BCUT2D eigenvalue weighted by molar-refractivity contribution is -0.120. The van der Waals surface area contributed by atoms with Gasteiger partial charge < -0.3 is 15.4 Å². The largest absolute Gasteiger partial charge is 0.465 e. The number of nitrogens with one attached hydrogen (secondary N) is 2. The summed E-state index contributed by atoms with van der Waals surface area (Å²) in [6.45, 7) is 3.18. The van der Waals surface area contributed by atoms with Gasteiger partial charge in [-0.25, -0.2) is 4.79 Å². The fourth-order valence-corrected chi connectivity index (χ4v) is 2.59. The van der Waals surface area contributed by atoms with Gasteiger partial charge in [0.2, 0.25) is 5.91 Å². The minimum atomic E-state index is -1.16. The van der Waals surface area contributed by atoms with Crippen molar-refractivity contribution in [2.45, 2.75) is 19.4 Å². The first-order chi connectivity index (χ1) is 11.3. The molecule has 2 aromatic rings. The van der Waals surface area contributed by atoms with E-state index < -0.39 is 17.4 Å². The van der Waals surface area contributed by atoms with E-state index in [1.54, 1.807) is 55.6 Å². The van der Waals surface area contributed by atoms with E-state index >= 15 is 0 Å². The monoisotopic (exact) mass is 346 g/mol. The molecule has 0 fully saturated rings. The van der Waals surface area contributed by atoms with Crippen molar-refractivity contribution in [3.8, 4) is 0 Å². The molecular weight excluding hydrogens is 328 g/mol. The molecule has 6 nitrogen and oxygen atoms in total. The molecule has 2 amide bonds. The number of carbonyl (C=O) groups excluding carboxylic acids is 3. The standard InChI is InChI=1S/C17H18N2O4S/c1-17(2,19-14(20)13-9-6-10-24-13)16(22)18-12-8-5-4-7-11(12)15(21)23-3/h4-10H,1-3H3,(H,18,22)(H,19,20). The van der Waals surface area contributed by atoms with Crippen LogP contribution in [0.4, 0.5) is 5.69 Å². The smallest absolute Gasteiger partial charge is 0.339 e. The summed E-state index contributed by atoms with van der Waals surface area (Å²) < 4.78 is 4.70. The Balaban J connectivity index is 2.14. The van der Waals surface area contributed by atoms with E-state index in [1.807, 2.05) is 0 Å². The van der Waals surface area contributed by atoms with Gasteiger partial charge in [-0.05, 0) is 37.4 Å². The van der Waals surface area contributed by atoms with E-state index in [2.05, 4.69) is 10.6 Å². The molecule has 2 rings (SSSR count). The maximum atomic E-state index is 12.5. The fraction of sp³-hybridized carbons (Fsp3) is 0.235. The number of para-hydroxylation sites is 1. The lowest BCUT2D eigenvalue weighted by Crippen LogP contribution is -2.52. The first kappa shape index (κ1) is 17.7. The Bertz CT molecular complexity index is 754. The highest BCUT2D eigenvalue weighted by molar-refractivity contribution is 7.12. The molecule has 0 radical (unpaired) electrons. The third-order valence-corrected chi connectivity index (χ3v) is 4.19. The Morgan fingerprint density at radius 2 is 1.79 bits per heavy atom. The van der Waals surface area contributed by atoms with Gasteiger partial charge in [-0.1, -0.05) is 18.2 Å². The maximum absolute atomic E-state index is 12.5. The predicted molar refractivity (Wildman–Crippen MR) is 92.3 cm³/mol. The molecule has 24 heavy (non-hydrogen) atoms. The van der Waals surface area contributed by atoms with Crippen LogP contribution in [0.1, 0.15) is 33.9 Å². The van der Waals surface area contributed by atoms with E-state index in [1.165, 1.54) is 18.4 Å². The normalized spacial score (nSPS) is 10.8. The molecule has 0 aliphatic carbocycles. The zero-order valence-corrected chi connectivity index (χ0v) is 14.4. The Hall–Kier alpha value is -2.67. The molecular formula is C17H18N2O4S. The fourth-order valence-electron chi connectivity index (χ4n) is 1.97. The Morgan fingerprint density at radius 1 is 1.08 bits per heavy atom. The maximum Gasteiger partial charge on any atom is 0.339 e. The van der Waals surface area contributed by atoms with E-state index in [0.717, 1.165) is 0 Å². The molecule has 7 heteroatoms. The van der Waals surface area contributed by atoms with Crippen molar-refractivity contribution >= 4 is 34.8 Å². The lowest BCUT2D eigenvalue weighted by atomic mass is 10.0. The number of hydrogen-bond donors (Lipinski definition) is 2. The molecule has 0 bridgehead atoms. The molecule has 0 unspecified atom stereocenters. The zero-order chi connectivity index (χ0) is 17.7. The highest BCUT2D eigenvalue weighted by atomic mass is 32.1. The summed E-state index contributed by atoms with van der Waals surface area (Å²) in [5.41, 5.74) is -0.592. The van der Waals surface area contributed by atoms with E-state index in [-0.39, 0.29) is 11.5 Å². The molecule has 0 saturated heterocycles. The van der Waals surface area contributed by atoms with Crippen molar-refractivity contribution in [2.24, 2.45) is 0 Å². The molecule has 126 valence electrons. The summed E-state index contributed by atoms with van der Waals surface area (Å²) in [6, 6.07) is 9.96. The second-order valence-corrected chi connectivity index (χ2v) is 6.50. The minimum absolute atomic E-state index is 0.244. The van der Waals surface area contributed by atoms with E-state index in [0.29, 0.717) is 10.6 Å². The number of methoxy groups -OCH3 is 1. The van der Waals surface area contributed by atoms with Crippen molar-refractivity contribution < 1.29 is 19.1 Å². The molecule has 1 heterocycles. The topological polar surface area (TPSA) is 84.5 Å². The van der Waals surface area contributed by atoms with Crippen LogP contribution < -0.4 is 10.6 Å². The van der Waals surface area contributed by atoms with Crippen molar-refractivity contribution in [1.29, 1.82) is 0 Å². The third-order valence-electron chi connectivity index (χ3n) is 3.32. The van der Waals surface area contributed by atoms with Crippen LogP contribution in [0.3, 0.4) is 0 Å². The SMILES string of the molecule is COC(=O)c1ccccc1NC(=O)C(C)(C)NC(=O)c1cccs1. The molecule has 1 aromatic carbocycles. The van der Waals surface area contributed by atoms with Crippen molar-refractivity contribution in [3.63, 3.8) is 0 Å². The van der Waals surface area contributed by atoms with Crippen LogP contribution in [0.15, 0.2) is 41.8 Å². The van der Waals surface area contributed by atoms with Gasteiger partial charge in [-0.15, -0.1) is 11.3 Å². The molecule has 0 spiro atoms.